The van der Waals surface area contributed by atoms with Gasteiger partial charge in [-0.1, -0.05) is 55.5 Å². The van der Waals surface area contributed by atoms with E-state index in [1.807, 2.05) is 26.0 Å². The number of nitrogens with one attached hydrogen (secondary N) is 5. The highest BCUT2D eigenvalue weighted by Crippen LogP contribution is 2.41. The summed E-state index contributed by atoms with van der Waals surface area (Å²) in [5.41, 5.74) is 3.01. The molecule has 0 saturated carbocycles. The Kier molecular flexibility index (Phi) is 16.7. The van der Waals surface area contributed by atoms with Crippen LogP contribution in [0.2, 0.25) is 0 Å². The van der Waals surface area contributed by atoms with Gasteiger partial charge in [0, 0.05) is 47.7 Å². The molecule has 0 radical (unpaired) electrons. The largest absolute Gasteiger partial charge is 0.455 e. The Morgan fingerprint density at radius 1 is 0.727 bits per heavy atom. The number of esters is 1. The van der Waals surface area contributed by atoms with E-state index in [2.05, 4.69) is 41.4 Å². The van der Waals surface area contributed by atoms with Crippen molar-refractivity contribution in [3.8, 4) is 49.9 Å². The summed E-state index contributed by atoms with van der Waals surface area (Å²) in [6.07, 6.45) is -1.25. The van der Waals surface area contributed by atoms with Crippen LogP contribution in [0.4, 0.5) is 5.82 Å². The second kappa shape index (κ2) is 23.8. The van der Waals surface area contributed by atoms with Gasteiger partial charge >= 0.3 is 11.8 Å². The van der Waals surface area contributed by atoms with Gasteiger partial charge in [0.05, 0.1) is 36.5 Å². The van der Waals surface area contributed by atoms with Crippen molar-refractivity contribution in [2.75, 3.05) is 20.7 Å². The van der Waals surface area contributed by atoms with Crippen molar-refractivity contribution < 1.29 is 38.2 Å². The number of rotatable bonds is 9. The van der Waals surface area contributed by atoms with Gasteiger partial charge in [-0.25, -0.2) is 29.9 Å². The fourth-order valence-electron chi connectivity index (χ4n) is 7.93. The van der Waals surface area contributed by atoms with E-state index in [-0.39, 0.29) is 41.9 Å². The number of benzene rings is 1. The Balaban J connectivity index is 1.15. The van der Waals surface area contributed by atoms with Gasteiger partial charge in [0.2, 0.25) is 11.8 Å². The maximum absolute atomic E-state index is 14.2. The Morgan fingerprint density at radius 3 is 2.17 bits per heavy atom. The average molecular weight is 1150 g/mol. The third-order valence-corrected chi connectivity index (χ3v) is 17.4. The zero-order chi connectivity index (χ0) is 54.5. The first-order chi connectivity index (χ1) is 37.1. The minimum atomic E-state index is -1.05. The van der Waals surface area contributed by atoms with E-state index < -0.39 is 60.4 Å². The number of ether oxygens (including phenoxy) is 2. The average Bonchev–Trinajstić information content (AvgIpc) is 4.30. The second-order valence-electron chi connectivity index (χ2n) is 17.4. The predicted molar refractivity (Wildman–Crippen MR) is 294 cm³/mol. The van der Waals surface area contributed by atoms with Gasteiger partial charge in [-0.15, -0.1) is 56.7 Å². The highest BCUT2D eigenvalue weighted by Gasteiger charge is 2.34. The summed E-state index contributed by atoms with van der Waals surface area (Å²) in [5, 5.41) is 23.6. The number of carbonyl (C=O) groups excluding carboxylic acids is 6. The van der Waals surface area contributed by atoms with Crippen molar-refractivity contribution in [3.05, 3.63) is 116 Å². The van der Waals surface area contributed by atoms with Crippen molar-refractivity contribution in [1.82, 2.24) is 61.5 Å². The van der Waals surface area contributed by atoms with E-state index in [0.29, 0.717) is 79.5 Å². The quantitative estimate of drug-likeness (QED) is 0.0848. The molecule has 0 aliphatic carbocycles. The normalized spacial score (nSPS) is 16.6. The SMILES string of the molecule is C#[N+]c1csc(-c2ccc3c(n2)-c2csc(n2)-c2csc(n2)[C@H]([C@@H](OC(C)=O)c2ccccc2)NC(=O)CNC(=O)c2nc(sc2COC)[C@H](C(C)C)NC(=O)c2nc(sc2C)[C@H](CC(=O)NC)NC(=O)c2csc-3n2)n1. The van der Waals surface area contributed by atoms with Gasteiger partial charge < -0.3 is 36.1 Å². The summed E-state index contributed by atoms with van der Waals surface area (Å²) in [6, 6.07) is 9.74. The van der Waals surface area contributed by atoms with Gasteiger partial charge in [-0.3, -0.25) is 28.8 Å². The number of thiazole rings is 6. The van der Waals surface area contributed by atoms with Gasteiger partial charge in [0.25, 0.3) is 22.7 Å². The molecule has 5 N–H and O–H groups in total. The molecule has 394 valence electrons. The minimum Gasteiger partial charge on any atom is -0.455 e. The Labute approximate surface area is 463 Å². The highest BCUT2D eigenvalue weighted by molar-refractivity contribution is 7.15. The van der Waals surface area contributed by atoms with Crippen LogP contribution in [-0.2, 0) is 30.5 Å². The van der Waals surface area contributed by atoms with Crippen molar-refractivity contribution in [1.29, 1.82) is 0 Å². The first-order valence-electron chi connectivity index (χ1n) is 23.4. The van der Waals surface area contributed by atoms with Crippen molar-refractivity contribution >= 4 is 109 Å². The molecule has 0 saturated heterocycles. The number of methoxy groups -OCH3 is 1. The molecule has 77 heavy (non-hydrogen) atoms. The summed E-state index contributed by atoms with van der Waals surface area (Å²) in [4.78, 5) is 121. The van der Waals surface area contributed by atoms with E-state index in [4.69, 9.17) is 41.0 Å². The molecule has 1 aromatic carbocycles. The topological polar surface area (TPSA) is 276 Å². The zero-order valence-corrected chi connectivity index (χ0v) is 46.6. The van der Waals surface area contributed by atoms with E-state index in [9.17, 15) is 28.8 Å². The zero-order valence-electron chi connectivity index (χ0n) is 41.7. The molecular formula is C50H46N13O8S6+. The summed E-state index contributed by atoms with van der Waals surface area (Å²) in [7, 11) is 2.95. The van der Waals surface area contributed by atoms with Gasteiger partial charge in [-0.2, -0.15) is 4.85 Å². The lowest BCUT2D eigenvalue weighted by Crippen LogP contribution is -2.41. The molecule has 0 fully saturated rings. The number of fused-ring (bicyclic) bond motifs is 14. The number of amides is 5. The van der Waals surface area contributed by atoms with E-state index >= 15 is 0 Å². The van der Waals surface area contributed by atoms with Crippen LogP contribution in [0.15, 0.2) is 64.0 Å². The lowest BCUT2D eigenvalue weighted by molar-refractivity contribution is -0.149. The van der Waals surface area contributed by atoms with Crippen LogP contribution in [0.1, 0.15) is 113 Å². The molecule has 8 aromatic rings. The molecule has 0 unspecified atom stereocenters. The van der Waals surface area contributed by atoms with Crippen LogP contribution < -0.4 is 26.6 Å². The van der Waals surface area contributed by atoms with Crippen molar-refractivity contribution in [2.24, 2.45) is 5.92 Å². The molecule has 4 atom stereocenters. The smallest absolute Gasteiger partial charge is 0.436 e. The van der Waals surface area contributed by atoms with E-state index in [1.165, 1.54) is 77.8 Å². The number of hydrogen-bond donors (Lipinski definition) is 5. The molecule has 5 amide bonds. The lowest BCUT2D eigenvalue weighted by atomic mass is 10.0. The Hall–Kier alpha value is -7.58. The predicted octanol–water partition coefficient (Wildman–Crippen LogP) is 8.48. The van der Waals surface area contributed by atoms with Crippen LogP contribution in [0, 0.1) is 19.4 Å². The molecule has 0 spiro atoms. The summed E-state index contributed by atoms with van der Waals surface area (Å²) in [5.74, 6) is -3.37. The number of hydrogen-bond acceptors (Lipinski definition) is 21. The fraction of sp³-hybridized carbons (Fsp3) is 0.280. The fourth-order valence-corrected chi connectivity index (χ4v) is 13.4. The maximum atomic E-state index is 14.2. The molecule has 1 aliphatic rings. The molecule has 8 heterocycles. The molecular weight excluding hydrogens is 1100 g/mol. The van der Waals surface area contributed by atoms with E-state index in [0.717, 1.165) is 11.3 Å². The highest BCUT2D eigenvalue weighted by atomic mass is 32.1. The molecule has 7 aromatic heterocycles. The number of pyridine rings is 1. The number of carbonyl (C=O) groups is 6. The van der Waals surface area contributed by atoms with Gasteiger partial charge in [-0.05, 0) is 35.5 Å². The summed E-state index contributed by atoms with van der Waals surface area (Å²) >= 11 is 7.31. The first-order valence-corrected chi connectivity index (χ1v) is 28.6. The Morgan fingerprint density at radius 2 is 1.44 bits per heavy atom. The van der Waals surface area contributed by atoms with Crippen LogP contribution in [-0.4, -0.2) is 91.1 Å². The standard InChI is InChI=1S/C50H45N13O8S6/c1-22(2)36-50-63-39(32(77-50)17-70-7)43(68)53-16-35(66)60-40(41(71-24(4)64)25-11-9-8-10-12-25)49-58-31(20-74-49)47-56-29(18-73-47)38-26(13-14-27(54-38)46-59-33(51-5)21-75-46)45-57-30(19-72-45)42(67)55-28(15-34(65)52-6)48-62-37(23(3)76-48)44(69)61-36/h5,8-14,18-22,28,36,40-41H,15-17H2,1-4,6-7H3,(H4-,52,53,55,60,61,65,66,67,68,69)/p+1/t28-,36-,40-,41-/m0/s1. The second-order valence-corrected chi connectivity index (χ2v) is 23.2. The third kappa shape index (κ3) is 12.2. The first kappa shape index (κ1) is 54.2. The van der Waals surface area contributed by atoms with Crippen LogP contribution in [0.5, 0.6) is 0 Å². The van der Waals surface area contributed by atoms with Gasteiger partial charge in [0.1, 0.15) is 82.9 Å². The maximum Gasteiger partial charge on any atom is 0.436 e. The lowest BCUT2D eigenvalue weighted by Gasteiger charge is -2.26. The molecule has 9 rings (SSSR count). The van der Waals surface area contributed by atoms with Crippen LogP contribution >= 0.6 is 68.0 Å². The third-order valence-electron chi connectivity index (χ3n) is 11.6. The minimum absolute atomic E-state index is 0.000339. The van der Waals surface area contributed by atoms with Crippen molar-refractivity contribution in [2.45, 2.75) is 65.0 Å². The summed E-state index contributed by atoms with van der Waals surface area (Å²) < 4.78 is 11.4. The van der Waals surface area contributed by atoms with Crippen molar-refractivity contribution in [3.63, 3.8) is 0 Å². The molecule has 21 nitrogen and oxygen atoms in total. The van der Waals surface area contributed by atoms with E-state index in [1.54, 1.807) is 58.8 Å². The molecule has 27 heteroatoms. The van der Waals surface area contributed by atoms with Gasteiger partial charge in [0.15, 0.2) is 6.10 Å². The summed E-state index contributed by atoms with van der Waals surface area (Å²) in [6.45, 7) is 11.8. The number of aryl methyl sites for hydroxylation is 1. The monoisotopic (exact) mass is 1150 g/mol. The number of nitrogens with zero attached hydrogens (tertiary/aromatic N) is 8. The van der Waals surface area contributed by atoms with Crippen LogP contribution in [0.25, 0.3) is 48.2 Å². The van der Waals surface area contributed by atoms with Crippen LogP contribution in [0.3, 0.4) is 0 Å². The Bertz CT molecular complexity index is 3580. The number of aromatic nitrogens is 7. The molecule has 1 aliphatic heterocycles. The molecule has 10 bridgehead atoms.